The van der Waals surface area contributed by atoms with Gasteiger partial charge in [0.2, 0.25) is 5.95 Å². The summed E-state index contributed by atoms with van der Waals surface area (Å²) in [4.78, 5) is 20.9. The van der Waals surface area contributed by atoms with E-state index >= 15 is 0 Å². The van der Waals surface area contributed by atoms with E-state index in [1.165, 1.54) is 24.4 Å². The standard InChI is InChI=1S/C20H18ClFN4O2/c1-12-16(19(27)26-14-6-7-18(22)17(21)9-14)11-24-20(25-12)23-10-13-4-3-5-15(8-13)28-2/h3-9,11H,10H2,1-2H3,(H,26,27)(H,23,24,25). The van der Waals surface area contributed by atoms with E-state index in [2.05, 4.69) is 20.6 Å². The van der Waals surface area contributed by atoms with Crippen LogP contribution in [0.15, 0.2) is 48.7 Å². The molecule has 6 nitrogen and oxygen atoms in total. The molecule has 0 saturated carbocycles. The van der Waals surface area contributed by atoms with Gasteiger partial charge in [-0.05, 0) is 42.8 Å². The Morgan fingerprint density at radius 2 is 2.07 bits per heavy atom. The Labute approximate surface area is 166 Å². The van der Waals surface area contributed by atoms with E-state index in [1.54, 1.807) is 14.0 Å². The topological polar surface area (TPSA) is 76.1 Å². The maximum Gasteiger partial charge on any atom is 0.259 e. The highest BCUT2D eigenvalue weighted by atomic mass is 35.5. The number of aromatic nitrogens is 2. The molecular formula is C20H18ClFN4O2. The smallest absolute Gasteiger partial charge is 0.259 e. The Morgan fingerprint density at radius 3 is 2.79 bits per heavy atom. The van der Waals surface area contributed by atoms with Crippen molar-refractivity contribution in [1.82, 2.24) is 9.97 Å². The number of nitrogens with zero attached hydrogens (tertiary/aromatic N) is 2. The van der Waals surface area contributed by atoms with Crippen LogP contribution >= 0.6 is 11.6 Å². The Kier molecular flexibility index (Phi) is 6.06. The minimum atomic E-state index is -0.550. The molecule has 0 unspecified atom stereocenters. The van der Waals surface area contributed by atoms with E-state index in [9.17, 15) is 9.18 Å². The first-order valence-electron chi connectivity index (χ1n) is 8.43. The third kappa shape index (κ3) is 4.75. The van der Waals surface area contributed by atoms with Gasteiger partial charge in [0.15, 0.2) is 0 Å². The molecule has 0 atom stereocenters. The fraction of sp³-hybridized carbons (Fsp3) is 0.150. The van der Waals surface area contributed by atoms with Gasteiger partial charge < -0.3 is 15.4 Å². The zero-order chi connectivity index (χ0) is 20.1. The normalized spacial score (nSPS) is 10.4. The number of hydrogen-bond acceptors (Lipinski definition) is 5. The Morgan fingerprint density at radius 1 is 1.25 bits per heavy atom. The van der Waals surface area contributed by atoms with Crippen LogP contribution in [0.2, 0.25) is 5.02 Å². The van der Waals surface area contributed by atoms with Crippen molar-refractivity contribution >= 4 is 29.1 Å². The Balaban J connectivity index is 1.67. The number of halogens is 2. The quantitative estimate of drug-likeness (QED) is 0.639. The first-order chi connectivity index (χ1) is 13.5. The number of ether oxygens (including phenoxy) is 1. The van der Waals surface area contributed by atoms with Crippen LogP contribution in [-0.2, 0) is 6.54 Å². The average Bonchev–Trinajstić information content (AvgIpc) is 2.69. The van der Waals surface area contributed by atoms with Gasteiger partial charge in [-0.15, -0.1) is 0 Å². The molecule has 2 aromatic carbocycles. The van der Waals surface area contributed by atoms with E-state index in [0.29, 0.717) is 29.4 Å². The van der Waals surface area contributed by atoms with Crippen LogP contribution in [0, 0.1) is 12.7 Å². The number of hydrogen-bond donors (Lipinski definition) is 2. The summed E-state index contributed by atoms with van der Waals surface area (Å²) < 4.78 is 18.4. The van der Waals surface area contributed by atoms with Gasteiger partial charge in [-0.2, -0.15) is 0 Å². The molecule has 3 rings (SSSR count). The first kappa shape index (κ1) is 19.6. The molecule has 0 aliphatic heterocycles. The molecule has 0 radical (unpaired) electrons. The fourth-order valence-corrected chi connectivity index (χ4v) is 2.69. The molecule has 0 spiro atoms. The summed E-state index contributed by atoms with van der Waals surface area (Å²) in [6.07, 6.45) is 1.44. The van der Waals surface area contributed by atoms with E-state index in [0.717, 1.165) is 11.3 Å². The second-order valence-electron chi connectivity index (χ2n) is 5.98. The van der Waals surface area contributed by atoms with Crippen molar-refractivity contribution in [1.29, 1.82) is 0 Å². The number of nitrogens with one attached hydrogen (secondary N) is 2. The summed E-state index contributed by atoms with van der Waals surface area (Å²) in [5, 5.41) is 5.70. The predicted molar refractivity (Wildman–Crippen MR) is 106 cm³/mol. The summed E-state index contributed by atoms with van der Waals surface area (Å²) in [5.74, 6) is 0.219. The van der Waals surface area contributed by atoms with Crippen molar-refractivity contribution in [3.05, 3.63) is 76.3 Å². The molecule has 0 bridgehead atoms. The molecule has 0 aliphatic rings. The van der Waals surface area contributed by atoms with Crippen molar-refractivity contribution in [2.24, 2.45) is 0 Å². The number of benzene rings is 2. The Bertz CT molecular complexity index is 1010. The number of rotatable bonds is 6. The zero-order valence-electron chi connectivity index (χ0n) is 15.3. The summed E-state index contributed by atoms with van der Waals surface area (Å²) in [6.45, 7) is 2.22. The molecule has 1 aromatic heterocycles. The predicted octanol–water partition coefficient (Wildman–Crippen LogP) is 4.45. The molecule has 0 saturated heterocycles. The Hall–Kier alpha value is -3.19. The second-order valence-corrected chi connectivity index (χ2v) is 6.39. The van der Waals surface area contributed by atoms with Gasteiger partial charge in [-0.25, -0.2) is 14.4 Å². The number of aryl methyl sites for hydroxylation is 1. The molecule has 28 heavy (non-hydrogen) atoms. The highest BCUT2D eigenvalue weighted by Gasteiger charge is 2.13. The van der Waals surface area contributed by atoms with E-state index in [-0.39, 0.29) is 5.02 Å². The van der Waals surface area contributed by atoms with Crippen molar-refractivity contribution in [3.63, 3.8) is 0 Å². The maximum atomic E-state index is 13.2. The van der Waals surface area contributed by atoms with Crippen LogP contribution in [0.25, 0.3) is 0 Å². The highest BCUT2D eigenvalue weighted by Crippen LogP contribution is 2.20. The van der Waals surface area contributed by atoms with Crippen molar-refractivity contribution in [2.75, 3.05) is 17.7 Å². The van der Waals surface area contributed by atoms with Gasteiger partial charge in [0.05, 0.1) is 23.4 Å². The van der Waals surface area contributed by atoms with E-state index in [4.69, 9.17) is 16.3 Å². The number of amides is 1. The lowest BCUT2D eigenvalue weighted by molar-refractivity contribution is 0.102. The summed E-state index contributed by atoms with van der Waals surface area (Å²) in [7, 11) is 1.61. The van der Waals surface area contributed by atoms with Crippen LogP contribution in [0.4, 0.5) is 16.0 Å². The molecule has 1 heterocycles. The minimum absolute atomic E-state index is 0.0668. The summed E-state index contributed by atoms with van der Waals surface area (Å²) >= 11 is 5.73. The molecule has 0 fully saturated rings. The van der Waals surface area contributed by atoms with Crippen LogP contribution < -0.4 is 15.4 Å². The molecule has 1 amide bonds. The molecule has 2 N–H and O–H groups in total. The number of carbonyl (C=O) groups is 1. The van der Waals surface area contributed by atoms with Gasteiger partial charge in [0.25, 0.3) is 5.91 Å². The molecular weight excluding hydrogens is 383 g/mol. The molecule has 0 aliphatic carbocycles. The summed E-state index contributed by atoms with van der Waals surface area (Å²) in [6, 6.07) is 11.6. The molecule has 144 valence electrons. The molecule has 8 heteroatoms. The second kappa shape index (κ2) is 8.67. The number of carbonyl (C=O) groups excluding carboxylic acids is 1. The highest BCUT2D eigenvalue weighted by molar-refractivity contribution is 6.31. The first-order valence-corrected chi connectivity index (χ1v) is 8.81. The lowest BCUT2D eigenvalue weighted by Gasteiger charge is -2.10. The largest absolute Gasteiger partial charge is 0.497 e. The minimum Gasteiger partial charge on any atom is -0.497 e. The van der Waals surface area contributed by atoms with Gasteiger partial charge in [0.1, 0.15) is 11.6 Å². The van der Waals surface area contributed by atoms with Crippen LogP contribution in [0.3, 0.4) is 0 Å². The lowest BCUT2D eigenvalue weighted by Crippen LogP contribution is -2.16. The van der Waals surface area contributed by atoms with Crippen molar-refractivity contribution in [3.8, 4) is 5.75 Å². The molecule has 3 aromatic rings. The zero-order valence-corrected chi connectivity index (χ0v) is 16.0. The summed E-state index contributed by atoms with van der Waals surface area (Å²) in [5.41, 5.74) is 2.22. The van der Waals surface area contributed by atoms with Gasteiger partial charge in [0, 0.05) is 18.4 Å². The van der Waals surface area contributed by atoms with Gasteiger partial charge in [-0.1, -0.05) is 23.7 Å². The fourth-order valence-electron chi connectivity index (χ4n) is 2.51. The van der Waals surface area contributed by atoms with E-state index < -0.39 is 11.7 Å². The number of methoxy groups -OCH3 is 1. The van der Waals surface area contributed by atoms with Crippen molar-refractivity contribution in [2.45, 2.75) is 13.5 Å². The van der Waals surface area contributed by atoms with Gasteiger partial charge >= 0.3 is 0 Å². The maximum absolute atomic E-state index is 13.2. The lowest BCUT2D eigenvalue weighted by atomic mass is 10.2. The third-order valence-corrected chi connectivity index (χ3v) is 4.28. The monoisotopic (exact) mass is 400 g/mol. The van der Waals surface area contributed by atoms with Crippen LogP contribution in [0.5, 0.6) is 5.75 Å². The average molecular weight is 401 g/mol. The van der Waals surface area contributed by atoms with Crippen LogP contribution in [0.1, 0.15) is 21.6 Å². The number of anilines is 2. The van der Waals surface area contributed by atoms with Crippen LogP contribution in [-0.4, -0.2) is 23.0 Å². The van der Waals surface area contributed by atoms with Crippen molar-refractivity contribution < 1.29 is 13.9 Å². The third-order valence-electron chi connectivity index (χ3n) is 3.99. The van der Waals surface area contributed by atoms with Gasteiger partial charge in [-0.3, -0.25) is 4.79 Å². The SMILES string of the molecule is COc1cccc(CNc2ncc(C(=O)Nc3ccc(F)c(Cl)c3)c(C)n2)c1. The van der Waals surface area contributed by atoms with E-state index in [1.807, 2.05) is 24.3 Å².